The predicted octanol–water partition coefficient (Wildman–Crippen LogP) is -0.166. The highest BCUT2D eigenvalue weighted by atomic mass is 16.5. The molecule has 5 heteroatoms. The summed E-state index contributed by atoms with van der Waals surface area (Å²) in [6.45, 7) is 0.851. The molecule has 2 atom stereocenters. The Bertz CT molecular complexity index is 358. The molecule has 0 aromatic carbocycles. The third-order valence-corrected chi connectivity index (χ3v) is 3.05. The third kappa shape index (κ3) is 1.52. The summed E-state index contributed by atoms with van der Waals surface area (Å²) in [7, 11) is 0. The minimum Gasteiger partial charge on any atom is -0.364 e. The molecule has 2 heterocycles. The van der Waals surface area contributed by atoms with Crippen LogP contribution >= 0.6 is 0 Å². The summed E-state index contributed by atoms with van der Waals surface area (Å²) >= 11 is 0. The molecule has 0 aromatic heterocycles. The molecule has 0 aromatic rings. The van der Waals surface area contributed by atoms with Crippen LogP contribution in [0.1, 0.15) is 12.8 Å². The van der Waals surface area contributed by atoms with Crippen molar-refractivity contribution in [2.75, 3.05) is 6.54 Å². The number of ether oxygens (including phenoxy) is 1. The monoisotopic (exact) mass is 207 g/mol. The zero-order valence-corrected chi connectivity index (χ0v) is 8.30. The Morgan fingerprint density at radius 3 is 3.07 bits per heavy atom. The highest BCUT2D eigenvalue weighted by molar-refractivity contribution is 6.38. The van der Waals surface area contributed by atoms with Crippen LogP contribution in [0.25, 0.3) is 0 Å². The molecule has 0 saturated carbocycles. The van der Waals surface area contributed by atoms with Gasteiger partial charge in [-0.1, -0.05) is 12.2 Å². The van der Waals surface area contributed by atoms with Gasteiger partial charge in [0.15, 0.2) is 6.23 Å². The fourth-order valence-electron chi connectivity index (χ4n) is 2.12. The first kappa shape index (κ1) is 8.91. The standard InChI is InChI=1S/C10H13N3O2/c11-10(14)7-5-9-13(12-7)4-3-8(15-9)6-1-2-6/h1-2,6,8-9H,3-5H2,(H2,11,14). The fraction of sp³-hybridized carbons (Fsp3) is 0.600. The molecule has 1 fully saturated rings. The molecule has 0 bridgehead atoms. The van der Waals surface area contributed by atoms with Gasteiger partial charge in [0.05, 0.1) is 6.10 Å². The van der Waals surface area contributed by atoms with Gasteiger partial charge >= 0.3 is 0 Å². The van der Waals surface area contributed by atoms with Crippen LogP contribution in [-0.2, 0) is 9.53 Å². The van der Waals surface area contributed by atoms with Crippen molar-refractivity contribution in [3.05, 3.63) is 12.2 Å². The molecular weight excluding hydrogens is 194 g/mol. The molecule has 80 valence electrons. The quantitative estimate of drug-likeness (QED) is 0.639. The van der Waals surface area contributed by atoms with E-state index in [1.165, 1.54) is 0 Å². The van der Waals surface area contributed by atoms with Crippen molar-refractivity contribution in [2.24, 2.45) is 16.8 Å². The van der Waals surface area contributed by atoms with Crippen molar-refractivity contribution < 1.29 is 9.53 Å². The van der Waals surface area contributed by atoms with Crippen molar-refractivity contribution in [2.45, 2.75) is 25.2 Å². The maximum atomic E-state index is 11.0. The van der Waals surface area contributed by atoms with Crippen molar-refractivity contribution in [1.82, 2.24) is 5.01 Å². The van der Waals surface area contributed by atoms with E-state index in [2.05, 4.69) is 17.3 Å². The van der Waals surface area contributed by atoms with E-state index in [-0.39, 0.29) is 12.3 Å². The van der Waals surface area contributed by atoms with Gasteiger partial charge in [-0.2, -0.15) is 5.10 Å². The average molecular weight is 207 g/mol. The van der Waals surface area contributed by atoms with Gasteiger partial charge in [-0.15, -0.1) is 0 Å². The number of hydrogen-bond acceptors (Lipinski definition) is 4. The molecule has 1 saturated heterocycles. The van der Waals surface area contributed by atoms with Gasteiger partial charge < -0.3 is 10.5 Å². The number of nitrogens with two attached hydrogens (primary N) is 1. The van der Waals surface area contributed by atoms with E-state index in [1.807, 2.05) is 5.01 Å². The van der Waals surface area contributed by atoms with Crippen molar-refractivity contribution >= 4 is 11.6 Å². The summed E-state index contributed by atoms with van der Waals surface area (Å²) in [5.74, 6) is 0.0684. The summed E-state index contributed by atoms with van der Waals surface area (Å²) in [6.07, 6.45) is 5.97. The Labute approximate surface area is 87.6 Å². The van der Waals surface area contributed by atoms with Crippen LogP contribution in [0.15, 0.2) is 17.3 Å². The summed E-state index contributed by atoms with van der Waals surface area (Å²) in [6, 6.07) is 0. The van der Waals surface area contributed by atoms with Crippen LogP contribution in [0.5, 0.6) is 0 Å². The molecule has 2 N–H and O–H groups in total. The SMILES string of the molecule is NC(=O)C1=NN2CCC(C3C=C3)OC2C1. The molecule has 3 aliphatic rings. The summed E-state index contributed by atoms with van der Waals surface area (Å²) in [5, 5.41) is 5.99. The highest BCUT2D eigenvalue weighted by Gasteiger charge is 2.38. The van der Waals surface area contributed by atoms with Crippen molar-refractivity contribution in [3.8, 4) is 0 Å². The van der Waals surface area contributed by atoms with E-state index in [1.54, 1.807) is 0 Å². The minimum absolute atomic E-state index is 0.0753. The molecule has 5 nitrogen and oxygen atoms in total. The van der Waals surface area contributed by atoms with E-state index in [0.29, 0.717) is 18.1 Å². The molecule has 0 spiro atoms. The molecule has 0 radical (unpaired) electrons. The van der Waals surface area contributed by atoms with E-state index < -0.39 is 5.91 Å². The van der Waals surface area contributed by atoms with Crippen LogP contribution in [-0.4, -0.2) is 35.5 Å². The lowest BCUT2D eigenvalue weighted by Crippen LogP contribution is -2.42. The number of nitrogens with zero attached hydrogens (tertiary/aromatic N) is 2. The predicted molar refractivity (Wildman–Crippen MR) is 53.9 cm³/mol. The third-order valence-electron chi connectivity index (χ3n) is 3.05. The van der Waals surface area contributed by atoms with E-state index >= 15 is 0 Å². The number of fused-ring (bicyclic) bond motifs is 1. The molecule has 2 unspecified atom stereocenters. The Balaban J connectivity index is 1.67. The zero-order chi connectivity index (χ0) is 10.4. The lowest BCUT2D eigenvalue weighted by atomic mass is 10.1. The zero-order valence-electron chi connectivity index (χ0n) is 8.30. The molecule has 15 heavy (non-hydrogen) atoms. The molecule has 2 aliphatic heterocycles. The normalized spacial score (nSPS) is 33.9. The minimum atomic E-state index is -0.436. The van der Waals surface area contributed by atoms with Gasteiger partial charge in [0.25, 0.3) is 5.91 Å². The van der Waals surface area contributed by atoms with Gasteiger partial charge in [-0.25, -0.2) is 0 Å². The van der Waals surface area contributed by atoms with E-state index in [0.717, 1.165) is 13.0 Å². The van der Waals surface area contributed by atoms with Crippen LogP contribution in [0.3, 0.4) is 0 Å². The van der Waals surface area contributed by atoms with Crippen LogP contribution in [0.4, 0.5) is 0 Å². The second-order valence-corrected chi connectivity index (χ2v) is 4.16. The number of carbonyl (C=O) groups is 1. The fourth-order valence-corrected chi connectivity index (χ4v) is 2.12. The molecule has 1 amide bonds. The van der Waals surface area contributed by atoms with E-state index in [9.17, 15) is 4.79 Å². The van der Waals surface area contributed by atoms with Gasteiger partial charge in [0, 0.05) is 18.9 Å². The second-order valence-electron chi connectivity index (χ2n) is 4.16. The van der Waals surface area contributed by atoms with Gasteiger partial charge in [0.2, 0.25) is 0 Å². The molecular formula is C10H13N3O2. The number of carbonyl (C=O) groups excluding carboxylic acids is 1. The number of hydrogen-bond donors (Lipinski definition) is 1. The lowest BCUT2D eigenvalue weighted by Gasteiger charge is -2.34. The first-order chi connectivity index (χ1) is 7.24. The smallest absolute Gasteiger partial charge is 0.265 e. The number of amides is 1. The molecule has 3 rings (SSSR count). The maximum Gasteiger partial charge on any atom is 0.265 e. The first-order valence-corrected chi connectivity index (χ1v) is 5.22. The number of primary amides is 1. The van der Waals surface area contributed by atoms with Gasteiger partial charge in [-0.3, -0.25) is 9.80 Å². The topological polar surface area (TPSA) is 67.9 Å². The van der Waals surface area contributed by atoms with Crippen LogP contribution in [0, 0.1) is 5.92 Å². The Morgan fingerprint density at radius 2 is 2.40 bits per heavy atom. The van der Waals surface area contributed by atoms with Crippen molar-refractivity contribution in [3.63, 3.8) is 0 Å². The van der Waals surface area contributed by atoms with Crippen molar-refractivity contribution in [1.29, 1.82) is 0 Å². The highest BCUT2D eigenvalue weighted by Crippen LogP contribution is 2.33. The van der Waals surface area contributed by atoms with Gasteiger partial charge in [0.1, 0.15) is 5.71 Å². The van der Waals surface area contributed by atoms with E-state index in [4.69, 9.17) is 10.5 Å². The average Bonchev–Trinajstić information content (AvgIpc) is 2.96. The largest absolute Gasteiger partial charge is 0.364 e. The Kier molecular flexibility index (Phi) is 1.82. The first-order valence-electron chi connectivity index (χ1n) is 5.22. The Hall–Kier alpha value is -1.36. The Morgan fingerprint density at radius 1 is 1.60 bits per heavy atom. The van der Waals surface area contributed by atoms with Gasteiger partial charge in [-0.05, 0) is 6.42 Å². The summed E-state index contributed by atoms with van der Waals surface area (Å²) in [5.41, 5.74) is 5.63. The molecule has 1 aliphatic carbocycles. The second kappa shape index (κ2) is 3.06. The van der Waals surface area contributed by atoms with Crippen LogP contribution < -0.4 is 5.73 Å². The number of rotatable bonds is 2. The lowest BCUT2D eigenvalue weighted by molar-refractivity contribution is -0.131. The number of hydrazone groups is 1. The maximum absolute atomic E-state index is 11.0. The summed E-state index contributed by atoms with van der Waals surface area (Å²) < 4.78 is 5.86. The van der Waals surface area contributed by atoms with Crippen LogP contribution in [0.2, 0.25) is 0 Å². The summed E-state index contributed by atoms with van der Waals surface area (Å²) in [4.78, 5) is 11.0.